The van der Waals surface area contributed by atoms with E-state index in [4.69, 9.17) is 0 Å². The van der Waals surface area contributed by atoms with Crippen LogP contribution in [-0.2, 0) is 6.42 Å². The van der Waals surface area contributed by atoms with Crippen LogP contribution in [-0.4, -0.2) is 6.04 Å². The summed E-state index contributed by atoms with van der Waals surface area (Å²) in [6.07, 6.45) is 0.898. The van der Waals surface area contributed by atoms with Crippen LogP contribution in [0.15, 0.2) is 48.5 Å². The molecule has 0 saturated carbocycles. The fraction of sp³-hybridized carbons (Fsp3) is 0.294. The van der Waals surface area contributed by atoms with Crippen molar-refractivity contribution in [3.63, 3.8) is 0 Å². The van der Waals surface area contributed by atoms with Crippen LogP contribution in [0.1, 0.15) is 31.0 Å². The topological polar surface area (TPSA) is 12.0 Å². The lowest BCUT2D eigenvalue weighted by molar-refractivity contribution is 0.468. The van der Waals surface area contributed by atoms with Gasteiger partial charge in [0, 0.05) is 12.1 Å². The summed E-state index contributed by atoms with van der Waals surface area (Å²) in [5, 5.41) is 3.40. The van der Waals surface area contributed by atoms with Crippen molar-refractivity contribution in [2.24, 2.45) is 0 Å². The number of nitrogens with one attached hydrogen (secondary N) is 1. The third-order valence-corrected chi connectivity index (χ3v) is 3.36. The van der Waals surface area contributed by atoms with Crippen LogP contribution >= 0.6 is 0 Å². The minimum Gasteiger partial charge on any atom is -0.307 e. The highest BCUT2D eigenvalue weighted by Crippen LogP contribution is 2.17. The Morgan fingerprint density at radius 1 is 0.950 bits per heavy atom. The summed E-state index contributed by atoms with van der Waals surface area (Å²) in [4.78, 5) is 0. The molecule has 2 rings (SSSR count). The normalized spacial score (nSPS) is 14.0. The average Bonchev–Trinajstić information content (AvgIpc) is 2.42. The maximum Gasteiger partial charge on any atom is 0.159 e. The predicted molar refractivity (Wildman–Crippen MR) is 77.5 cm³/mol. The van der Waals surface area contributed by atoms with Crippen molar-refractivity contribution in [2.75, 3.05) is 0 Å². The zero-order valence-corrected chi connectivity index (χ0v) is 11.7. The molecule has 106 valence electrons. The van der Waals surface area contributed by atoms with Crippen molar-refractivity contribution in [3.05, 3.63) is 71.3 Å². The number of benzene rings is 2. The highest BCUT2D eigenvalue weighted by atomic mass is 19.2. The number of hydrogen-bond donors (Lipinski definition) is 1. The third-order valence-electron chi connectivity index (χ3n) is 3.36. The molecular formula is C17H19F2N. The van der Waals surface area contributed by atoms with E-state index < -0.39 is 11.6 Å². The molecule has 0 heterocycles. The van der Waals surface area contributed by atoms with E-state index in [1.165, 1.54) is 17.7 Å². The van der Waals surface area contributed by atoms with Crippen LogP contribution in [0.25, 0.3) is 0 Å². The van der Waals surface area contributed by atoms with Crippen molar-refractivity contribution in [1.29, 1.82) is 0 Å². The molecule has 1 nitrogen and oxygen atoms in total. The molecule has 2 unspecified atom stereocenters. The Labute approximate surface area is 118 Å². The molecule has 0 radical (unpaired) electrons. The van der Waals surface area contributed by atoms with Crippen LogP contribution in [0.2, 0.25) is 0 Å². The molecule has 1 N–H and O–H groups in total. The largest absolute Gasteiger partial charge is 0.307 e. The molecule has 0 saturated heterocycles. The van der Waals surface area contributed by atoms with Gasteiger partial charge in [0.25, 0.3) is 0 Å². The van der Waals surface area contributed by atoms with Crippen molar-refractivity contribution in [3.8, 4) is 0 Å². The first-order chi connectivity index (χ1) is 9.56. The first kappa shape index (κ1) is 14.7. The van der Waals surface area contributed by atoms with Gasteiger partial charge in [0.05, 0.1) is 0 Å². The molecule has 0 aliphatic rings. The van der Waals surface area contributed by atoms with E-state index in [9.17, 15) is 8.78 Å². The monoisotopic (exact) mass is 275 g/mol. The van der Waals surface area contributed by atoms with E-state index >= 15 is 0 Å². The highest BCUT2D eigenvalue weighted by molar-refractivity contribution is 5.21. The molecular weight excluding hydrogens is 256 g/mol. The van der Waals surface area contributed by atoms with Crippen LogP contribution in [0.3, 0.4) is 0 Å². The van der Waals surface area contributed by atoms with Gasteiger partial charge >= 0.3 is 0 Å². The van der Waals surface area contributed by atoms with Gasteiger partial charge in [0.1, 0.15) is 0 Å². The minimum atomic E-state index is -0.807. The second-order valence-electron chi connectivity index (χ2n) is 5.15. The van der Waals surface area contributed by atoms with Gasteiger partial charge in [-0.05, 0) is 43.5 Å². The molecule has 0 aliphatic heterocycles. The summed E-state index contributed by atoms with van der Waals surface area (Å²) in [5.41, 5.74) is 2.01. The third kappa shape index (κ3) is 3.87. The second-order valence-corrected chi connectivity index (χ2v) is 5.15. The molecule has 0 fully saturated rings. The molecule has 0 aliphatic carbocycles. The molecule has 2 atom stereocenters. The van der Waals surface area contributed by atoms with Gasteiger partial charge in [0.15, 0.2) is 11.6 Å². The maximum absolute atomic E-state index is 13.2. The van der Waals surface area contributed by atoms with Gasteiger partial charge in [0.2, 0.25) is 0 Å². The summed E-state index contributed by atoms with van der Waals surface area (Å²) in [7, 11) is 0. The molecule has 0 aromatic heterocycles. The maximum atomic E-state index is 13.2. The molecule has 2 aromatic rings. The molecule has 0 amide bonds. The van der Waals surface area contributed by atoms with Crippen molar-refractivity contribution < 1.29 is 8.78 Å². The Kier molecular flexibility index (Phi) is 4.85. The van der Waals surface area contributed by atoms with Gasteiger partial charge in [-0.3, -0.25) is 0 Å². The summed E-state index contributed by atoms with van der Waals surface area (Å²) in [6.45, 7) is 4.04. The summed E-state index contributed by atoms with van der Waals surface area (Å²) >= 11 is 0. The van der Waals surface area contributed by atoms with Crippen LogP contribution in [0, 0.1) is 11.6 Å². The summed E-state index contributed by atoms with van der Waals surface area (Å²) in [6, 6.07) is 14.5. The lowest BCUT2D eigenvalue weighted by atomic mass is 10.0. The lowest BCUT2D eigenvalue weighted by Crippen LogP contribution is -2.30. The van der Waals surface area contributed by atoms with Crippen molar-refractivity contribution in [2.45, 2.75) is 32.4 Å². The fourth-order valence-corrected chi connectivity index (χ4v) is 2.33. The summed E-state index contributed by atoms with van der Waals surface area (Å²) < 4.78 is 26.1. The van der Waals surface area contributed by atoms with Crippen LogP contribution in [0.5, 0.6) is 0 Å². The highest BCUT2D eigenvalue weighted by Gasteiger charge is 2.12. The minimum absolute atomic E-state index is 0.0242. The Morgan fingerprint density at radius 3 is 2.30 bits per heavy atom. The second kappa shape index (κ2) is 6.62. The van der Waals surface area contributed by atoms with Crippen molar-refractivity contribution in [1.82, 2.24) is 5.32 Å². The fourth-order valence-electron chi connectivity index (χ4n) is 2.33. The van der Waals surface area contributed by atoms with E-state index in [0.717, 1.165) is 12.0 Å². The quantitative estimate of drug-likeness (QED) is 0.860. The van der Waals surface area contributed by atoms with Crippen LogP contribution < -0.4 is 5.32 Å². The number of halogens is 2. The van der Waals surface area contributed by atoms with Gasteiger partial charge in [-0.15, -0.1) is 0 Å². The first-order valence-corrected chi connectivity index (χ1v) is 6.81. The predicted octanol–water partition coefficient (Wildman–Crippen LogP) is 4.25. The molecule has 2 aromatic carbocycles. The zero-order chi connectivity index (χ0) is 14.5. The molecule has 0 spiro atoms. The molecule has 0 bridgehead atoms. The average molecular weight is 275 g/mol. The number of hydrogen-bond acceptors (Lipinski definition) is 1. The number of rotatable bonds is 5. The van der Waals surface area contributed by atoms with Gasteiger partial charge in [-0.2, -0.15) is 0 Å². The van der Waals surface area contributed by atoms with E-state index in [1.807, 2.05) is 25.1 Å². The Balaban J connectivity index is 1.96. The van der Waals surface area contributed by atoms with Gasteiger partial charge in [-0.1, -0.05) is 36.4 Å². The standard InChI is InChI=1S/C17H19F2N/c1-12(10-14-6-4-3-5-7-14)20-13(2)15-8-9-16(18)17(19)11-15/h3-9,11-13,20H,10H2,1-2H3. The SMILES string of the molecule is CC(Cc1ccccc1)NC(C)c1ccc(F)c(F)c1. The Morgan fingerprint density at radius 2 is 1.65 bits per heavy atom. The van der Waals surface area contributed by atoms with Crippen LogP contribution in [0.4, 0.5) is 8.78 Å². The zero-order valence-electron chi connectivity index (χ0n) is 11.7. The van der Waals surface area contributed by atoms with E-state index in [-0.39, 0.29) is 12.1 Å². The van der Waals surface area contributed by atoms with Crippen molar-refractivity contribution >= 4 is 0 Å². The Hall–Kier alpha value is -1.74. The summed E-state index contributed by atoms with van der Waals surface area (Å²) in [5.74, 6) is -1.61. The van der Waals surface area contributed by atoms with E-state index in [0.29, 0.717) is 0 Å². The van der Waals surface area contributed by atoms with Gasteiger partial charge < -0.3 is 5.32 Å². The lowest BCUT2D eigenvalue weighted by Gasteiger charge is -2.20. The van der Waals surface area contributed by atoms with E-state index in [2.05, 4.69) is 24.4 Å². The first-order valence-electron chi connectivity index (χ1n) is 6.81. The van der Waals surface area contributed by atoms with Gasteiger partial charge in [-0.25, -0.2) is 8.78 Å². The van der Waals surface area contributed by atoms with E-state index in [1.54, 1.807) is 6.07 Å². The smallest absolute Gasteiger partial charge is 0.159 e. The Bertz CT molecular complexity index is 554. The molecule has 20 heavy (non-hydrogen) atoms. The molecule has 3 heteroatoms.